The molecule has 2 saturated heterocycles. The Morgan fingerprint density at radius 3 is 2.68 bits per heavy atom. The van der Waals surface area contributed by atoms with Crippen molar-refractivity contribution in [2.75, 3.05) is 47.0 Å². The molecule has 2 aliphatic rings. The molecule has 0 saturated carbocycles. The molecule has 3 rings (SSSR count). The Balaban J connectivity index is 1.68. The van der Waals surface area contributed by atoms with E-state index in [1.807, 2.05) is 4.90 Å². The molecule has 6 heteroatoms. The fraction of sp³-hybridized carbons (Fsp3) is 0.632. The summed E-state index contributed by atoms with van der Waals surface area (Å²) in [6.07, 6.45) is 1.39. The van der Waals surface area contributed by atoms with Crippen molar-refractivity contribution in [1.82, 2.24) is 9.80 Å². The maximum Gasteiger partial charge on any atom is 0.227 e. The van der Waals surface area contributed by atoms with Gasteiger partial charge in [-0.2, -0.15) is 0 Å². The fourth-order valence-electron chi connectivity index (χ4n) is 4.12. The van der Waals surface area contributed by atoms with Crippen LogP contribution in [0.25, 0.3) is 0 Å². The second-order valence-electron chi connectivity index (χ2n) is 6.94. The van der Waals surface area contributed by atoms with Gasteiger partial charge in [0.25, 0.3) is 0 Å². The molecule has 3 atom stereocenters. The summed E-state index contributed by atoms with van der Waals surface area (Å²) in [6, 6.07) is 6.37. The van der Waals surface area contributed by atoms with Crippen molar-refractivity contribution >= 4 is 5.91 Å². The van der Waals surface area contributed by atoms with Gasteiger partial charge in [-0.3, -0.25) is 9.69 Å². The van der Waals surface area contributed by atoms with Crippen LogP contribution < -0.4 is 0 Å². The van der Waals surface area contributed by atoms with E-state index in [0.29, 0.717) is 18.9 Å². The number of nitrogens with zero attached hydrogens (tertiary/aromatic N) is 2. The van der Waals surface area contributed by atoms with E-state index in [9.17, 15) is 9.18 Å². The van der Waals surface area contributed by atoms with Crippen LogP contribution in [0.15, 0.2) is 24.3 Å². The van der Waals surface area contributed by atoms with Crippen molar-refractivity contribution in [1.29, 1.82) is 0 Å². The Kier molecular flexibility index (Phi) is 6.04. The predicted octanol–water partition coefficient (Wildman–Crippen LogP) is 1.56. The highest BCUT2D eigenvalue weighted by molar-refractivity contribution is 5.79. The SMILES string of the molecule is COCCN1C[C@H]2[C@@H](C1)N(C(=O)Cc1ccc(F)cc1)CC[C@H]2OC. The van der Waals surface area contributed by atoms with E-state index in [1.165, 1.54) is 12.1 Å². The van der Waals surface area contributed by atoms with Crippen LogP contribution in [-0.4, -0.2) is 74.9 Å². The number of carbonyl (C=O) groups is 1. The topological polar surface area (TPSA) is 42.0 Å². The second-order valence-corrected chi connectivity index (χ2v) is 6.94. The van der Waals surface area contributed by atoms with Gasteiger partial charge < -0.3 is 14.4 Å². The van der Waals surface area contributed by atoms with E-state index >= 15 is 0 Å². The van der Waals surface area contributed by atoms with Gasteiger partial charge in [-0.15, -0.1) is 0 Å². The molecule has 0 spiro atoms. The summed E-state index contributed by atoms with van der Waals surface area (Å²) in [7, 11) is 3.47. The van der Waals surface area contributed by atoms with Crippen molar-refractivity contribution < 1.29 is 18.7 Å². The van der Waals surface area contributed by atoms with Crippen LogP contribution in [0.4, 0.5) is 4.39 Å². The van der Waals surface area contributed by atoms with Crippen molar-refractivity contribution in [2.45, 2.75) is 25.0 Å². The molecule has 5 nitrogen and oxygen atoms in total. The number of hydrogen-bond acceptors (Lipinski definition) is 4. The Hall–Kier alpha value is -1.50. The largest absolute Gasteiger partial charge is 0.383 e. The average molecular weight is 350 g/mol. The molecule has 0 radical (unpaired) electrons. The molecule has 0 aliphatic carbocycles. The van der Waals surface area contributed by atoms with Gasteiger partial charge in [0, 0.05) is 46.3 Å². The number of halogens is 1. The van der Waals surface area contributed by atoms with Crippen molar-refractivity contribution in [3.8, 4) is 0 Å². The molecule has 0 bridgehead atoms. The third kappa shape index (κ3) is 4.19. The Bertz CT molecular complexity index is 581. The smallest absolute Gasteiger partial charge is 0.227 e. The number of amides is 1. The molecule has 2 heterocycles. The van der Waals surface area contributed by atoms with Gasteiger partial charge in [0.05, 0.1) is 25.2 Å². The number of rotatable bonds is 6. The fourth-order valence-corrected chi connectivity index (χ4v) is 4.12. The second kappa shape index (κ2) is 8.25. The standard InChI is InChI=1S/C19H27FN2O3/c1-24-10-9-21-12-16-17(13-21)22(8-7-18(16)25-2)19(23)11-14-3-5-15(20)6-4-14/h3-6,16-18H,7-13H2,1-2H3/t16-,17+,18+/m0/s1. The zero-order chi connectivity index (χ0) is 17.8. The van der Waals surface area contributed by atoms with Crippen LogP contribution in [0.1, 0.15) is 12.0 Å². The Morgan fingerprint density at radius 2 is 2.00 bits per heavy atom. The molecule has 138 valence electrons. The van der Waals surface area contributed by atoms with E-state index in [4.69, 9.17) is 9.47 Å². The lowest BCUT2D eigenvalue weighted by atomic mass is 9.88. The van der Waals surface area contributed by atoms with Crippen molar-refractivity contribution in [3.05, 3.63) is 35.6 Å². The summed E-state index contributed by atoms with van der Waals surface area (Å²) >= 11 is 0. The van der Waals surface area contributed by atoms with Crippen LogP contribution >= 0.6 is 0 Å². The van der Waals surface area contributed by atoms with Gasteiger partial charge in [0.2, 0.25) is 5.91 Å². The lowest BCUT2D eigenvalue weighted by Crippen LogP contribution is -2.54. The summed E-state index contributed by atoms with van der Waals surface area (Å²) in [5.41, 5.74) is 0.853. The van der Waals surface area contributed by atoms with Gasteiger partial charge >= 0.3 is 0 Å². The maximum atomic E-state index is 13.1. The number of likely N-dealkylation sites (tertiary alicyclic amines) is 2. The van der Waals surface area contributed by atoms with Gasteiger partial charge in [-0.25, -0.2) is 4.39 Å². The van der Waals surface area contributed by atoms with E-state index in [0.717, 1.165) is 38.2 Å². The lowest BCUT2D eigenvalue weighted by Gasteiger charge is -2.41. The van der Waals surface area contributed by atoms with Gasteiger partial charge in [0.1, 0.15) is 5.82 Å². The molecule has 25 heavy (non-hydrogen) atoms. The first-order valence-electron chi connectivity index (χ1n) is 8.90. The molecule has 2 aliphatic heterocycles. The van der Waals surface area contributed by atoms with Crippen LogP contribution in [0.3, 0.4) is 0 Å². The monoisotopic (exact) mass is 350 g/mol. The highest BCUT2D eigenvalue weighted by Crippen LogP contribution is 2.32. The molecular weight excluding hydrogens is 323 g/mol. The van der Waals surface area contributed by atoms with Gasteiger partial charge in [-0.1, -0.05) is 12.1 Å². The molecule has 1 amide bonds. The summed E-state index contributed by atoms with van der Waals surface area (Å²) in [4.78, 5) is 17.2. The summed E-state index contributed by atoms with van der Waals surface area (Å²) in [5, 5.41) is 0. The first kappa shape index (κ1) is 18.3. The summed E-state index contributed by atoms with van der Waals surface area (Å²) in [5.74, 6) is 0.180. The van der Waals surface area contributed by atoms with Crippen molar-refractivity contribution in [3.63, 3.8) is 0 Å². The zero-order valence-corrected chi connectivity index (χ0v) is 15.0. The van der Waals surface area contributed by atoms with Crippen LogP contribution in [0.2, 0.25) is 0 Å². The molecule has 1 aromatic carbocycles. The Morgan fingerprint density at radius 1 is 1.24 bits per heavy atom. The number of hydrogen-bond donors (Lipinski definition) is 0. The summed E-state index contributed by atoms with van der Waals surface area (Å²) in [6.45, 7) is 4.09. The third-order valence-corrected chi connectivity index (χ3v) is 5.44. The van der Waals surface area contributed by atoms with E-state index < -0.39 is 0 Å². The number of carbonyl (C=O) groups excluding carboxylic acids is 1. The normalized spacial score (nSPS) is 26.7. The molecule has 1 aromatic rings. The minimum Gasteiger partial charge on any atom is -0.383 e. The molecule has 0 aromatic heterocycles. The number of methoxy groups -OCH3 is 2. The highest BCUT2D eigenvalue weighted by Gasteiger charge is 2.45. The van der Waals surface area contributed by atoms with Crippen LogP contribution in [-0.2, 0) is 20.7 Å². The number of fused-ring (bicyclic) bond motifs is 1. The zero-order valence-electron chi connectivity index (χ0n) is 15.0. The highest BCUT2D eigenvalue weighted by atomic mass is 19.1. The number of benzene rings is 1. The third-order valence-electron chi connectivity index (χ3n) is 5.44. The van der Waals surface area contributed by atoms with E-state index in [2.05, 4.69) is 4.90 Å². The number of piperidine rings is 1. The first-order chi connectivity index (χ1) is 12.1. The quantitative estimate of drug-likeness (QED) is 0.781. The first-order valence-corrected chi connectivity index (χ1v) is 8.90. The average Bonchev–Trinajstić information content (AvgIpc) is 3.05. The van der Waals surface area contributed by atoms with Crippen LogP contribution in [0, 0.1) is 11.7 Å². The minimum absolute atomic E-state index is 0.116. The molecule has 0 N–H and O–H groups in total. The van der Waals surface area contributed by atoms with Crippen LogP contribution in [0.5, 0.6) is 0 Å². The van der Waals surface area contributed by atoms with Crippen molar-refractivity contribution in [2.24, 2.45) is 5.92 Å². The minimum atomic E-state index is -0.276. The maximum absolute atomic E-state index is 13.1. The van der Waals surface area contributed by atoms with E-state index in [1.54, 1.807) is 26.4 Å². The van der Waals surface area contributed by atoms with Gasteiger partial charge in [0.15, 0.2) is 0 Å². The predicted molar refractivity (Wildman–Crippen MR) is 92.8 cm³/mol. The molecule has 0 unspecified atom stereocenters. The lowest BCUT2D eigenvalue weighted by molar-refractivity contribution is -0.138. The van der Waals surface area contributed by atoms with E-state index in [-0.39, 0.29) is 23.9 Å². The molecular formula is C19H27FN2O3. The van der Waals surface area contributed by atoms with Gasteiger partial charge in [-0.05, 0) is 24.1 Å². The Labute approximate surface area is 148 Å². The molecule has 2 fully saturated rings. The number of ether oxygens (including phenoxy) is 2. The summed E-state index contributed by atoms with van der Waals surface area (Å²) < 4.78 is 23.9.